The first-order valence-electron chi connectivity index (χ1n) is 9.06. The second-order valence-electron chi connectivity index (χ2n) is 7.36. The lowest BCUT2D eigenvalue weighted by Gasteiger charge is -2.38. The van der Waals surface area contributed by atoms with Crippen LogP contribution in [0.2, 0.25) is 0 Å². The van der Waals surface area contributed by atoms with Crippen LogP contribution in [0.3, 0.4) is 0 Å². The molecule has 0 saturated heterocycles. The summed E-state index contributed by atoms with van der Waals surface area (Å²) in [5.74, 6) is 0.150. The van der Waals surface area contributed by atoms with E-state index >= 15 is 0 Å². The topological polar surface area (TPSA) is 73.0 Å². The van der Waals surface area contributed by atoms with Crippen LogP contribution in [-0.4, -0.2) is 22.5 Å². The number of ether oxygens (including phenoxy) is 1. The molecule has 0 radical (unpaired) electrons. The maximum Gasteiger partial charge on any atom is 0.314 e. The van der Waals surface area contributed by atoms with E-state index in [0.717, 1.165) is 48.7 Å². The van der Waals surface area contributed by atoms with E-state index < -0.39 is 11.5 Å². The normalized spacial score (nSPS) is 21.0. The Kier molecular flexibility index (Phi) is 4.06. The van der Waals surface area contributed by atoms with Crippen molar-refractivity contribution in [1.82, 2.24) is 9.38 Å². The molecule has 2 aliphatic rings. The van der Waals surface area contributed by atoms with Gasteiger partial charge in [-0.25, -0.2) is 4.98 Å². The number of nitrogens with zero attached hydrogens (tertiary/aromatic N) is 3. The van der Waals surface area contributed by atoms with Crippen molar-refractivity contribution in [3.05, 3.63) is 40.8 Å². The predicted molar refractivity (Wildman–Crippen MR) is 93.2 cm³/mol. The van der Waals surface area contributed by atoms with Gasteiger partial charge in [0.2, 0.25) is 0 Å². The van der Waals surface area contributed by atoms with Crippen LogP contribution < -0.4 is 0 Å². The first kappa shape index (κ1) is 16.2. The molecule has 2 aromatic rings. The van der Waals surface area contributed by atoms with Gasteiger partial charge >= 0.3 is 5.97 Å². The summed E-state index contributed by atoms with van der Waals surface area (Å²) in [5, 5.41) is 3.53. The molecule has 2 heterocycles. The fourth-order valence-electron chi connectivity index (χ4n) is 4.48. The summed E-state index contributed by atoms with van der Waals surface area (Å²) in [7, 11) is 1.40. The average molecular weight is 341 g/mol. The van der Waals surface area contributed by atoms with Crippen LogP contribution >= 0.6 is 0 Å². The molecule has 4 rings (SSSR count). The largest absolute Gasteiger partial charge is 0.469 e. The van der Waals surface area contributed by atoms with E-state index in [1.54, 1.807) is 12.5 Å². The molecule has 1 unspecified atom stereocenters. The van der Waals surface area contributed by atoms with Crippen molar-refractivity contribution in [2.45, 2.75) is 56.9 Å². The van der Waals surface area contributed by atoms with Gasteiger partial charge in [-0.1, -0.05) is 24.4 Å². The van der Waals surface area contributed by atoms with E-state index in [2.05, 4.69) is 16.2 Å². The predicted octanol–water partition coefficient (Wildman–Crippen LogP) is 4.14. The highest BCUT2D eigenvalue weighted by Crippen LogP contribution is 2.53. The van der Waals surface area contributed by atoms with E-state index in [9.17, 15) is 9.70 Å². The third-order valence-corrected chi connectivity index (χ3v) is 5.92. The number of fused-ring (bicyclic) bond motifs is 1. The molecule has 0 aliphatic heterocycles. The first-order chi connectivity index (χ1) is 12.2. The summed E-state index contributed by atoms with van der Waals surface area (Å²) in [5.41, 5.74) is 2.05. The molecule has 2 aliphatic carbocycles. The second kappa shape index (κ2) is 6.24. The Morgan fingerprint density at radius 1 is 1.36 bits per heavy atom. The Hall–Kier alpha value is -2.24. The molecule has 25 heavy (non-hydrogen) atoms. The van der Waals surface area contributed by atoms with Gasteiger partial charge in [0.25, 0.3) is 0 Å². The molecule has 0 aromatic carbocycles. The molecule has 132 valence electrons. The van der Waals surface area contributed by atoms with Crippen molar-refractivity contribution < 1.29 is 9.53 Å². The molecule has 0 N–H and O–H groups in total. The van der Waals surface area contributed by atoms with Crippen molar-refractivity contribution in [2.75, 3.05) is 7.11 Å². The van der Waals surface area contributed by atoms with E-state index in [1.165, 1.54) is 7.11 Å². The smallest absolute Gasteiger partial charge is 0.314 e. The number of carbonyl (C=O) groups excluding carboxylic acids is 1. The van der Waals surface area contributed by atoms with Gasteiger partial charge in [0, 0.05) is 11.8 Å². The van der Waals surface area contributed by atoms with Crippen LogP contribution in [0.1, 0.15) is 68.0 Å². The fraction of sp³-hybridized carbons (Fsp3) is 0.579. The molecule has 2 aromatic heterocycles. The molecular weight excluding hydrogens is 318 g/mol. The van der Waals surface area contributed by atoms with Crippen molar-refractivity contribution in [2.24, 2.45) is 10.6 Å². The summed E-state index contributed by atoms with van der Waals surface area (Å²) in [6, 6.07) is 1.34. The Bertz CT molecular complexity index is 803. The third kappa shape index (κ3) is 2.55. The van der Waals surface area contributed by atoms with Crippen LogP contribution in [0, 0.1) is 10.3 Å². The number of rotatable bonds is 5. The number of hydrogen-bond donors (Lipinski definition) is 0. The van der Waals surface area contributed by atoms with Gasteiger partial charge in [0.05, 0.1) is 30.6 Å². The highest BCUT2D eigenvalue weighted by atomic mass is 16.5. The molecule has 1 atom stereocenters. The number of aromatic nitrogens is 2. The number of pyridine rings is 1. The van der Waals surface area contributed by atoms with E-state index in [1.807, 2.05) is 10.6 Å². The number of nitroso groups, excluding NO2 is 1. The van der Waals surface area contributed by atoms with E-state index in [0.29, 0.717) is 18.8 Å². The average Bonchev–Trinajstić information content (AvgIpc) is 3.39. The SMILES string of the molecule is COC(=O)C1(C(N=O)c2c(C3CC3)ccn3cncc23)CCCCC1. The zero-order chi connectivity index (χ0) is 17.4. The van der Waals surface area contributed by atoms with Crippen LogP contribution in [0.25, 0.3) is 5.52 Å². The molecule has 0 bridgehead atoms. The monoisotopic (exact) mass is 341 g/mol. The molecule has 6 nitrogen and oxygen atoms in total. The van der Waals surface area contributed by atoms with Gasteiger partial charge in [0.15, 0.2) is 0 Å². The summed E-state index contributed by atoms with van der Waals surface area (Å²) >= 11 is 0. The van der Waals surface area contributed by atoms with Crippen molar-refractivity contribution in [1.29, 1.82) is 0 Å². The Labute approximate surface area is 146 Å². The highest BCUT2D eigenvalue weighted by Gasteiger charge is 2.51. The lowest BCUT2D eigenvalue weighted by molar-refractivity contribution is -0.156. The van der Waals surface area contributed by atoms with Crippen LogP contribution in [0.4, 0.5) is 0 Å². The molecule has 2 saturated carbocycles. The molecular formula is C19H23N3O3. The standard InChI is InChI=1S/C19H23N3O3/c1-25-18(23)19(8-3-2-4-9-19)17(21-24)16-14(13-5-6-13)7-10-22-12-20-11-15(16)22/h7,10-13,17H,2-6,8-9H2,1H3. The van der Waals surface area contributed by atoms with Crippen LogP contribution in [0.5, 0.6) is 0 Å². The maximum absolute atomic E-state index is 12.8. The Morgan fingerprint density at radius 3 is 2.76 bits per heavy atom. The minimum atomic E-state index is -0.857. The quantitative estimate of drug-likeness (QED) is 0.605. The molecule has 0 amide bonds. The maximum atomic E-state index is 12.8. The zero-order valence-corrected chi connectivity index (χ0v) is 14.5. The van der Waals surface area contributed by atoms with Gasteiger partial charge in [-0.15, -0.1) is 0 Å². The number of methoxy groups -OCH3 is 1. The fourth-order valence-corrected chi connectivity index (χ4v) is 4.48. The Morgan fingerprint density at radius 2 is 2.12 bits per heavy atom. The minimum absolute atomic E-state index is 0.305. The number of carbonyl (C=O) groups is 1. The van der Waals surface area contributed by atoms with Gasteiger partial charge in [-0.3, -0.25) is 4.79 Å². The van der Waals surface area contributed by atoms with Gasteiger partial charge < -0.3 is 9.14 Å². The van der Waals surface area contributed by atoms with Gasteiger partial charge in [0.1, 0.15) is 6.04 Å². The van der Waals surface area contributed by atoms with Crippen molar-refractivity contribution in [3.63, 3.8) is 0 Å². The summed E-state index contributed by atoms with van der Waals surface area (Å²) in [6.45, 7) is 0. The van der Waals surface area contributed by atoms with E-state index in [-0.39, 0.29) is 5.97 Å². The lowest BCUT2D eigenvalue weighted by atomic mass is 9.66. The van der Waals surface area contributed by atoms with Crippen LogP contribution in [0.15, 0.2) is 30.0 Å². The van der Waals surface area contributed by atoms with Gasteiger partial charge in [-0.2, -0.15) is 4.91 Å². The second-order valence-corrected chi connectivity index (χ2v) is 7.36. The summed E-state index contributed by atoms with van der Waals surface area (Å²) < 4.78 is 7.06. The number of esters is 1. The van der Waals surface area contributed by atoms with Gasteiger partial charge in [-0.05, 0) is 43.2 Å². The Balaban J connectivity index is 1.92. The van der Waals surface area contributed by atoms with Crippen LogP contribution in [-0.2, 0) is 9.53 Å². The molecule has 2 fully saturated rings. The van der Waals surface area contributed by atoms with Crippen molar-refractivity contribution in [3.8, 4) is 0 Å². The highest BCUT2D eigenvalue weighted by molar-refractivity contribution is 5.79. The number of imidazole rings is 1. The first-order valence-corrected chi connectivity index (χ1v) is 9.06. The molecule has 0 spiro atoms. The molecule has 6 heteroatoms. The number of hydrogen-bond acceptors (Lipinski definition) is 5. The third-order valence-electron chi connectivity index (χ3n) is 5.92. The summed E-state index contributed by atoms with van der Waals surface area (Å²) in [4.78, 5) is 29.1. The minimum Gasteiger partial charge on any atom is -0.469 e. The van der Waals surface area contributed by atoms with E-state index in [4.69, 9.17) is 4.74 Å². The lowest BCUT2D eigenvalue weighted by Crippen LogP contribution is -2.40. The van der Waals surface area contributed by atoms with Crippen molar-refractivity contribution >= 4 is 11.5 Å². The summed E-state index contributed by atoms with van der Waals surface area (Å²) in [6.07, 6.45) is 11.9. The zero-order valence-electron chi connectivity index (χ0n) is 14.5.